The summed E-state index contributed by atoms with van der Waals surface area (Å²) in [6, 6.07) is 14.8. The molecule has 7 nitrogen and oxygen atoms in total. The van der Waals surface area contributed by atoms with Gasteiger partial charge in [-0.1, -0.05) is 24.3 Å². The fourth-order valence-corrected chi connectivity index (χ4v) is 2.78. The third kappa shape index (κ3) is 3.45. The van der Waals surface area contributed by atoms with Crippen molar-refractivity contribution in [1.82, 2.24) is 15.5 Å². The molecular weight excluding hydrogens is 320 g/mol. The predicted octanol–water partition coefficient (Wildman–Crippen LogP) is 2.86. The van der Waals surface area contributed by atoms with Gasteiger partial charge in [-0.2, -0.15) is 0 Å². The van der Waals surface area contributed by atoms with E-state index in [1.165, 1.54) is 12.0 Å². The molecule has 25 heavy (non-hydrogen) atoms. The summed E-state index contributed by atoms with van der Waals surface area (Å²) >= 11 is 0. The van der Waals surface area contributed by atoms with E-state index in [2.05, 4.69) is 20.8 Å². The number of ether oxygens (including phenoxy) is 1. The summed E-state index contributed by atoms with van der Waals surface area (Å²) in [5.74, 6) is 1.29. The first-order chi connectivity index (χ1) is 12.3. The van der Waals surface area contributed by atoms with Crippen molar-refractivity contribution in [1.29, 1.82) is 0 Å². The highest BCUT2D eigenvalue weighted by molar-refractivity contribution is 5.89. The topological polar surface area (TPSA) is 89.3 Å². The number of fused-ring (bicyclic) bond motifs is 1. The van der Waals surface area contributed by atoms with Gasteiger partial charge in [0.25, 0.3) is 0 Å². The number of benzene rings is 2. The van der Waals surface area contributed by atoms with Crippen LogP contribution in [0.4, 0.5) is 10.5 Å². The molecule has 1 unspecified atom stereocenters. The van der Waals surface area contributed by atoms with Gasteiger partial charge in [0.2, 0.25) is 12.3 Å². The number of anilines is 1. The van der Waals surface area contributed by atoms with Crippen LogP contribution in [0.15, 0.2) is 59.3 Å². The summed E-state index contributed by atoms with van der Waals surface area (Å²) in [6.07, 6.45) is 2.01. The Labute approximate surface area is 144 Å². The third-order valence-corrected chi connectivity index (χ3v) is 3.93. The fraction of sp³-hybridized carbons (Fsp3) is 0.167. The minimum atomic E-state index is -0.290. The van der Waals surface area contributed by atoms with Crippen LogP contribution in [0.5, 0.6) is 5.75 Å². The molecule has 2 N–H and O–H groups in total. The van der Waals surface area contributed by atoms with E-state index in [4.69, 9.17) is 9.15 Å². The molecule has 126 valence electrons. The molecule has 4 rings (SSSR count). The normalized spacial score (nSPS) is 15.3. The summed E-state index contributed by atoms with van der Waals surface area (Å²) in [4.78, 5) is 12.1. The molecule has 2 aromatic carbocycles. The molecule has 3 aromatic rings. The van der Waals surface area contributed by atoms with Gasteiger partial charge in [0.05, 0.1) is 6.54 Å². The number of nitrogens with zero attached hydrogens (tertiary/aromatic N) is 2. The number of hydrogen-bond donors (Lipinski definition) is 2. The number of aromatic nitrogens is 2. The van der Waals surface area contributed by atoms with Gasteiger partial charge in [0, 0.05) is 17.7 Å². The molecule has 1 atom stereocenters. The van der Waals surface area contributed by atoms with Gasteiger partial charge in [0.15, 0.2) is 0 Å². The Kier molecular flexibility index (Phi) is 4.04. The lowest BCUT2D eigenvalue weighted by atomic mass is 10.1. The van der Waals surface area contributed by atoms with Crippen molar-refractivity contribution in [3.8, 4) is 17.2 Å². The number of amides is 2. The Morgan fingerprint density at radius 2 is 2.12 bits per heavy atom. The maximum absolute atomic E-state index is 12.1. The van der Waals surface area contributed by atoms with E-state index >= 15 is 0 Å². The summed E-state index contributed by atoms with van der Waals surface area (Å²) in [7, 11) is 0. The van der Waals surface area contributed by atoms with E-state index in [1.807, 2.05) is 36.4 Å². The maximum Gasteiger partial charge on any atom is 0.319 e. The van der Waals surface area contributed by atoms with Gasteiger partial charge in [-0.3, -0.25) is 0 Å². The van der Waals surface area contributed by atoms with Gasteiger partial charge < -0.3 is 19.8 Å². The molecule has 1 aliphatic heterocycles. The molecule has 2 heterocycles. The Bertz CT molecular complexity index is 855. The molecule has 0 saturated heterocycles. The minimum absolute atomic E-state index is 0.0483. The highest BCUT2D eigenvalue weighted by atomic mass is 16.5. The first-order valence-electron chi connectivity index (χ1n) is 7.94. The largest absolute Gasteiger partial charge is 0.488 e. The molecule has 0 fully saturated rings. The van der Waals surface area contributed by atoms with Crippen molar-refractivity contribution >= 4 is 11.7 Å². The number of carbonyl (C=O) groups is 1. The van der Waals surface area contributed by atoms with Crippen LogP contribution in [0.3, 0.4) is 0 Å². The SMILES string of the molecule is O=C(NCC1Cc2ccccc2O1)Nc1cccc(-c2nnco2)c1. The van der Waals surface area contributed by atoms with Crippen molar-refractivity contribution in [2.24, 2.45) is 0 Å². The predicted molar refractivity (Wildman–Crippen MR) is 91.3 cm³/mol. The quantitative estimate of drug-likeness (QED) is 0.765. The Hall–Kier alpha value is -3.35. The second-order valence-electron chi connectivity index (χ2n) is 5.71. The van der Waals surface area contributed by atoms with Crippen molar-refractivity contribution in [3.63, 3.8) is 0 Å². The van der Waals surface area contributed by atoms with E-state index in [-0.39, 0.29) is 12.1 Å². The summed E-state index contributed by atoms with van der Waals surface area (Å²) in [6.45, 7) is 0.434. The van der Waals surface area contributed by atoms with Crippen LogP contribution < -0.4 is 15.4 Å². The molecule has 0 bridgehead atoms. The Morgan fingerprint density at radius 3 is 2.96 bits per heavy atom. The van der Waals surface area contributed by atoms with E-state index in [9.17, 15) is 4.79 Å². The first-order valence-corrected chi connectivity index (χ1v) is 7.94. The van der Waals surface area contributed by atoms with Crippen LogP contribution in [0, 0.1) is 0 Å². The molecule has 1 aromatic heterocycles. The average molecular weight is 336 g/mol. The summed E-state index contributed by atoms with van der Waals surface area (Å²) in [5.41, 5.74) is 2.55. The monoisotopic (exact) mass is 336 g/mol. The lowest BCUT2D eigenvalue weighted by molar-refractivity contribution is 0.219. The first kappa shape index (κ1) is 15.2. The standard InChI is InChI=1S/C18H16N4O3/c23-18(19-10-15-9-12-4-1-2-7-16(12)25-15)21-14-6-3-5-13(8-14)17-22-20-11-24-17/h1-8,11,15H,9-10H2,(H2,19,21,23). The fourth-order valence-electron chi connectivity index (χ4n) is 2.78. The maximum atomic E-state index is 12.1. The third-order valence-electron chi connectivity index (χ3n) is 3.93. The highest BCUT2D eigenvalue weighted by Crippen LogP contribution is 2.27. The van der Waals surface area contributed by atoms with Crippen LogP contribution in [-0.2, 0) is 6.42 Å². The molecule has 0 spiro atoms. The van der Waals surface area contributed by atoms with E-state index in [1.54, 1.807) is 12.1 Å². The molecule has 2 amide bonds. The van der Waals surface area contributed by atoms with Gasteiger partial charge in [-0.05, 0) is 29.8 Å². The van der Waals surface area contributed by atoms with Crippen LogP contribution in [0.25, 0.3) is 11.5 Å². The second kappa shape index (κ2) is 6.64. The zero-order chi connectivity index (χ0) is 17.1. The number of hydrogen-bond acceptors (Lipinski definition) is 5. The van der Waals surface area contributed by atoms with Gasteiger partial charge in [-0.25, -0.2) is 4.79 Å². The number of para-hydroxylation sites is 1. The minimum Gasteiger partial charge on any atom is -0.488 e. The molecule has 1 aliphatic rings. The van der Waals surface area contributed by atoms with Crippen LogP contribution in [-0.4, -0.2) is 28.9 Å². The van der Waals surface area contributed by atoms with E-state index in [0.29, 0.717) is 18.1 Å². The van der Waals surface area contributed by atoms with Gasteiger partial charge in [-0.15, -0.1) is 10.2 Å². The average Bonchev–Trinajstić information content (AvgIpc) is 3.29. The molecule has 0 aliphatic carbocycles. The van der Waals surface area contributed by atoms with Crippen LogP contribution in [0.2, 0.25) is 0 Å². The number of urea groups is 1. The molecule has 7 heteroatoms. The van der Waals surface area contributed by atoms with Crippen molar-refractivity contribution in [2.75, 3.05) is 11.9 Å². The van der Waals surface area contributed by atoms with E-state index in [0.717, 1.165) is 17.7 Å². The second-order valence-corrected chi connectivity index (χ2v) is 5.71. The Balaban J connectivity index is 1.32. The molecular formula is C18H16N4O3. The van der Waals surface area contributed by atoms with Crippen molar-refractivity contribution in [2.45, 2.75) is 12.5 Å². The Morgan fingerprint density at radius 1 is 1.20 bits per heavy atom. The lowest BCUT2D eigenvalue weighted by Gasteiger charge is -2.13. The molecule has 0 saturated carbocycles. The lowest BCUT2D eigenvalue weighted by Crippen LogP contribution is -2.37. The van der Waals surface area contributed by atoms with Crippen LogP contribution >= 0.6 is 0 Å². The highest BCUT2D eigenvalue weighted by Gasteiger charge is 2.22. The number of rotatable bonds is 4. The number of nitrogens with one attached hydrogen (secondary N) is 2. The summed E-state index contributed by atoms with van der Waals surface area (Å²) < 4.78 is 11.0. The molecule has 0 radical (unpaired) electrons. The van der Waals surface area contributed by atoms with Gasteiger partial charge >= 0.3 is 6.03 Å². The zero-order valence-corrected chi connectivity index (χ0v) is 13.3. The van der Waals surface area contributed by atoms with Crippen molar-refractivity contribution in [3.05, 3.63) is 60.5 Å². The van der Waals surface area contributed by atoms with Crippen molar-refractivity contribution < 1.29 is 13.9 Å². The summed E-state index contributed by atoms with van der Waals surface area (Å²) in [5, 5.41) is 13.1. The number of carbonyl (C=O) groups excluding carboxylic acids is 1. The zero-order valence-electron chi connectivity index (χ0n) is 13.3. The van der Waals surface area contributed by atoms with E-state index < -0.39 is 0 Å². The smallest absolute Gasteiger partial charge is 0.319 e. The van der Waals surface area contributed by atoms with Gasteiger partial charge in [0.1, 0.15) is 11.9 Å². The van der Waals surface area contributed by atoms with Crippen LogP contribution in [0.1, 0.15) is 5.56 Å².